The van der Waals surface area contributed by atoms with Crippen molar-refractivity contribution in [1.82, 2.24) is 29.0 Å². The third-order valence-electron chi connectivity index (χ3n) is 5.75. The number of anilines is 1. The van der Waals surface area contributed by atoms with Crippen LogP contribution in [0.4, 0.5) is 19.1 Å². The molecule has 31 heavy (non-hydrogen) atoms. The van der Waals surface area contributed by atoms with Gasteiger partial charge in [-0.3, -0.25) is 4.40 Å². The lowest BCUT2D eigenvalue weighted by molar-refractivity contribution is -0.182. The Morgan fingerprint density at radius 3 is 2.68 bits per heavy atom. The molecule has 0 unspecified atom stereocenters. The molecule has 162 valence electrons. The molecule has 1 aliphatic rings. The average molecular weight is 431 g/mol. The number of nitrogens with zero attached hydrogens (tertiary/aromatic N) is 6. The van der Waals surface area contributed by atoms with E-state index in [1.807, 2.05) is 22.9 Å². The summed E-state index contributed by atoms with van der Waals surface area (Å²) in [6.45, 7) is 0. The summed E-state index contributed by atoms with van der Waals surface area (Å²) in [5, 5.41) is 7.67. The number of methoxy groups -OCH3 is 1. The van der Waals surface area contributed by atoms with Crippen LogP contribution >= 0.6 is 0 Å². The number of nitrogens with one attached hydrogen (secondary N) is 1. The van der Waals surface area contributed by atoms with Gasteiger partial charge in [0.1, 0.15) is 5.52 Å². The molecule has 8 nitrogen and oxygen atoms in total. The van der Waals surface area contributed by atoms with Gasteiger partial charge in [0.15, 0.2) is 0 Å². The third-order valence-corrected chi connectivity index (χ3v) is 5.75. The van der Waals surface area contributed by atoms with E-state index in [0.717, 1.165) is 11.1 Å². The smallest absolute Gasteiger partial charge is 0.391 e. The molecule has 1 saturated carbocycles. The van der Waals surface area contributed by atoms with E-state index in [4.69, 9.17) is 4.74 Å². The monoisotopic (exact) mass is 431 g/mol. The first kappa shape index (κ1) is 19.6. The van der Waals surface area contributed by atoms with Crippen LogP contribution in [-0.2, 0) is 0 Å². The van der Waals surface area contributed by atoms with E-state index in [9.17, 15) is 13.2 Å². The third kappa shape index (κ3) is 3.64. The molecule has 0 spiro atoms. The minimum absolute atomic E-state index is 0.108. The molecule has 4 aromatic rings. The van der Waals surface area contributed by atoms with Gasteiger partial charge in [-0.05, 0) is 31.7 Å². The van der Waals surface area contributed by atoms with Crippen LogP contribution in [0.25, 0.3) is 22.4 Å². The fourth-order valence-electron chi connectivity index (χ4n) is 4.13. The van der Waals surface area contributed by atoms with E-state index in [0.29, 0.717) is 36.0 Å². The van der Waals surface area contributed by atoms with Gasteiger partial charge in [0.2, 0.25) is 17.6 Å². The van der Waals surface area contributed by atoms with Crippen LogP contribution in [0.15, 0.2) is 37.1 Å². The molecule has 0 radical (unpaired) electrons. The van der Waals surface area contributed by atoms with Crippen molar-refractivity contribution in [2.75, 3.05) is 12.4 Å². The van der Waals surface area contributed by atoms with Crippen LogP contribution in [-0.4, -0.2) is 48.3 Å². The maximum absolute atomic E-state index is 12.9. The van der Waals surface area contributed by atoms with E-state index in [1.165, 1.54) is 7.11 Å². The molecule has 0 amide bonds. The minimum atomic E-state index is -4.13. The first-order valence-corrected chi connectivity index (χ1v) is 9.98. The zero-order valence-electron chi connectivity index (χ0n) is 16.7. The largest absolute Gasteiger partial charge is 0.479 e. The number of fused-ring (bicyclic) bond motifs is 2. The summed E-state index contributed by atoms with van der Waals surface area (Å²) in [5.74, 6) is 0.0662. The molecule has 11 heteroatoms. The molecule has 0 aromatic carbocycles. The van der Waals surface area contributed by atoms with E-state index in [1.54, 1.807) is 23.1 Å². The lowest BCUT2D eigenvalue weighted by atomic mass is 9.86. The Morgan fingerprint density at radius 2 is 1.94 bits per heavy atom. The van der Waals surface area contributed by atoms with Crippen molar-refractivity contribution >= 4 is 17.2 Å². The van der Waals surface area contributed by atoms with E-state index in [2.05, 4.69) is 25.4 Å². The molecule has 0 aliphatic heterocycles. The predicted octanol–water partition coefficient (Wildman–Crippen LogP) is 3.98. The van der Waals surface area contributed by atoms with E-state index in [-0.39, 0.29) is 18.9 Å². The van der Waals surface area contributed by atoms with Gasteiger partial charge in [-0.25, -0.2) is 14.5 Å². The van der Waals surface area contributed by atoms with Gasteiger partial charge in [0, 0.05) is 48.2 Å². The lowest BCUT2D eigenvalue weighted by Crippen LogP contribution is -2.33. The summed E-state index contributed by atoms with van der Waals surface area (Å²) in [6, 6.07) is 1.79. The van der Waals surface area contributed by atoms with Crippen LogP contribution in [0.3, 0.4) is 0 Å². The molecule has 1 aliphatic carbocycles. The number of rotatable bonds is 4. The minimum Gasteiger partial charge on any atom is -0.479 e. The number of imidazole rings is 1. The van der Waals surface area contributed by atoms with Crippen molar-refractivity contribution in [3.63, 3.8) is 0 Å². The van der Waals surface area contributed by atoms with Gasteiger partial charge in [-0.1, -0.05) is 0 Å². The fraction of sp³-hybridized carbons (Fsp3) is 0.400. The number of ether oxygens (including phenoxy) is 1. The zero-order valence-corrected chi connectivity index (χ0v) is 16.7. The van der Waals surface area contributed by atoms with Gasteiger partial charge >= 0.3 is 6.18 Å². The van der Waals surface area contributed by atoms with Gasteiger partial charge in [0.25, 0.3) is 0 Å². The van der Waals surface area contributed by atoms with Gasteiger partial charge in [-0.15, -0.1) is 5.10 Å². The van der Waals surface area contributed by atoms with Crippen LogP contribution in [0.1, 0.15) is 25.7 Å². The number of alkyl halides is 3. The molecule has 0 atom stereocenters. The van der Waals surface area contributed by atoms with Crippen LogP contribution in [0.2, 0.25) is 0 Å². The van der Waals surface area contributed by atoms with Crippen LogP contribution < -0.4 is 10.1 Å². The molecule has 0 saturated heterocycles. The van der Waals surface area contributed by atoms with Gasteiger partial charge in [0.05, 0.1) is 13.0 Å². The number of halogens is 3. The summed E-state index contributed by atoms with van der Waals surface area (Å²) < 4.78 is 47.7. The molecule has 0 bridgehead atoms. The second kappa shape index (κ2) is 7.40. The average Bonchev–Trinajstić information content (AvgIpc) is 3.39. The first-order valence-electron chi connectivity index (χ1n) is 9.98. The SMILES string of the molecule is COc1nc(N[C@H]2CC[C@H](C(F)(F)F)CC2)nn2ccc(-c3cnc4nccn4c3)c12. The number of hydrogen-bond donors (Lipinski definition) is 1. The Labute approximate surface area is 175 Å². The van der Waals surface area contributed by atoms with Crippen LogP contribution in [0.5, 0.6) is 5.88 Å². The topological polar surface area (TPSA) is 81.6 Å². The molecular weight excluding hydrogens is 411 g/mol. The van der Waals surface area contributed by atoms with Crippen molar-refractivity contribution < 1.29 is 17.9 Å². The fourth-order valence-corrected chi connectivity index (χ4v) is 4.13. The summed E-state index contributed by atoms with van der Waals surface area (Å²) in [7, 11) is 1.52. The van der Waals surface area contributed by atoms with E-state index >= 15 is 0 Å². The number of hydrogen-bond acceptors (Lipinski definition) is 6. The van der Waals surface area contributed by atoms with Crippen molar-refractivity contribution in [2.24, 2.45) is 5.92 Å². The first-order chi connectivity index (χ1) is 14.9. The molecule has 1 fully saturated rings. The quantitative estimate of drug-likeness (QED) is 0.526. The predicted molar refractivity (Wildman–Crippen MR) is 107 cm³/mol. The van der Waals surface area contributed by atoms with Crippen molar-refractivity contribution in [3.05, 3.63) is 37.1 Å². The summed E-state index contributed by atoms with van der Waals surface area (Å²) in [6.07, 6.45) is 5.84. The Bertz CT molecular complexity index is 1220. The van der Waals surface area contributed by atoms with Gasteiger partial charge in [-0.2, -0.15) is 18.2 Å². The summed E-state index contributed by atoms with van der Waals surface area (Å²) >= 11 is 0. The normalized spacial score (nSPS) is 19.7. The standard InChI is InChI=1S/C20H20F3N7O/c1-31-17-16-15(12-10-25-19-24-7-9-29(19)11-12)6-8-30(16)28-18(27-17)26-14-4-2-13(3-5-14)20(21,22)23/h6-11,13-14H,2-5H2,1H3,(H,26,28)/t13-,14-. The Morgan fingerprint density at radius 1 is 1.13 bits per heavy atom. The highest BCUT2D eigenvalue weighted by molar-refractivity contribution is 5.84. The van der Waals surface area contributed by atoms with Crippen molar-refractivity contribution in [3.8, 4) is 17.0 Å². The van der Waals surface area contributed by atoms with E-state index < -0.39 is 12.1 Å². The Balaban J connectivity index is 1.42. The maximum atomic E-state index is 12.9. The zero-order chi connectivity index (χ0) is 21.6. The number of aromatic nitrogens is 6. The molecule has 1 N–H and O–H groups in total. The lowest BCUT2D eigenvalue weighted by Gasteiger charge is -2.30. The molecule has 4 aromatic heterocycles. The Hall–Kier alpha value is -3.37. The van der Waals surface area contributed by atoms with Crippen molar-refractivity contribution in [2.45, 2.75) is 37.9 Å². The van der Waals surface area contributed by atoms with Crippen molar-refractivity contribution in [1.29, 1.82) is 0 Å². The van der Waals surface area contributed by atoms with Crippen LogP contribution in [0, 0.1) is 5.92 Å². The highest BCUT2D eigenvalue weighted by Crippen LogP contribution is 2.38. The maximum Gasteiger partial charge on any atom is 0.391 e. The summed E-state index contributed by atoms with van der Waals surface area (Å²) in [4.78, 5) is 13.0. The second-order valence-electron chi connectivity index (χ2n) is 7.68. The molecule has 5 rings (SSSR count). The van der Waals surface area contributed by atoms with Gasteiger partial charge < -0.3 is 10.1 Å². The molecule has 4 heterocycles. The Kier molecular flexibility index (Phi) is 4.67. The summed E-state index contributed by atoms with van der Waals surface area (Å²) in [5.41, 5.74) is 2.37. The highest BCUT2D eigenvalue weighted by atomic mass is 19.4. The second-order valence-corrected chi connectivity index (χ2v) is 7.68. The highest BCUT2D eigenvalue weighted by Gasteiger charge is 2.41. The molecular formula is C20H20F3N7O.